The number of amides is 1. The Labute approximate surface area is 179 Å². The Bertz CT molecular complexity index is 1210. The van der Waals surface area contributed by atoms with Crippen molar-refractivity contribution in [1.29, 1.82) is 5.26 Å². The number of anilines is 1. The molecule has 0 spiro atoms. The van der Waals surface area contributed by atoms with E-state index in [4.69, 9.17) is 16.5 Å². The van der Waals surface area contributed by atoms with E-state index in [0.29, 0.717) is 11.3 Å². The second-order valence-electron chi connectivity index (χ2n) is 7.51. The molecule has 0 fully saturated rings. The lowest BCUT2D eigenvalue weighted by atomic mass is 9.77. The zero-order valence-corrected chi connectivity index (χ0v) is 17.5. The first kappa shape index (κ1) is 19.7. The summed E-state index contributed by atoms with van der Waals surface area (Å²) in [5.74, 6) is -0.503. The number of carbonyl (C=O) groups is 1. The van der Waals surface area contributed by atoms with E-state index in [1.165, 1.54) is 16.2 Å². The van der Waals surface area contributed by atoms with E-state index >= 15 is 0 Å². The van der Waals surface area contributed by atoms with Crippen molar-refractivity contribution in [1.82, 2.24) is 4.90 Å². The minimum absolute atomic E-state index is 0.128. The number of nitrogens with zero attached hydrogens (tertiary/aromatic N) is 3. The van der Waals surface area contributed by atoms with E-state index in [1.807, 2.05) is 54.8 Å². The summed E-state index contributed by atoms with van der Waals surface area (Å²) in [5, 5.41) is 11.2. The van der Waals surface area contributed by atoms with Gasteiger partial charge in [0, 0.05) is 17.6 Å². The van der Waals surface area contributed by atoms with Gasteiger partial charge in [-0.2, -0.15) is 5.26 Å². The van der Waals surface area contributed by atoms with Crippen LogP contribution in [0.25, 0.3) is 11.1 Å². The van der Waals surface area contributed by atoms with E-state index < -0.39 is 11.5 Å². The molecule has 1 aliphatic rings. The third-order valence-corrected chi connectivity index (χ3v) is 6.65. The number of carbonyl (C=O) groups excluding carboxylic acids is 1. The zero-order chi connectivity index (χ0) is 21.5. The molecule has 1 aliphatic heterocycles. The van der Waals surface area contributed by atoms with Crippen LogP contribution in [-0.2, 0) is 10.3 Å². The van der Waals surface area contributed by atoms with E-state index in [1.54, 1.807) is 19.2 Å². The maximum absolute atomic E-state index is 13.3. The Morgan fingerprint density at radius 3 is 2.63 bits per heavy atom. The van der Waals surface area contributed by atoms with Gasteiger partial charge < -0.3 is 11.5 Å². The molecule has 0 unspecified atom stereocenters. The van der Waals surface area contributed by atoms with Crippen LogP contribution in [0, 0.1) is 11.3 Å². The van der Waals surface area contributed by atoms with Crippen molar-refractivity contribution in [2.24, 2.45) is 10.7 Å². The third-order valence-electron chi connectivity index (χ3n) is 5.50. The summed E-state index contributed by atoms with van der Waals surface area (Å²) in [5.41, 5.74) is 15.1. The summed E-state index contributed by atoms with van der Waals surface area (Å²) in [7, 11) is 1.63. The SMILES string of the molecule is CN1C(=O)[C@H](c2cccc(N)c2)[C@@](C)(c2cc(-c3cccc(C#N)c3)cs2)N=C1N. The van der Waals surface area contributed by atoms with Crippen LogP contribution in [0.3, 0.4) is 0 Å². The van der Waals surface area contributed by atoms with Gasteiger partial charge in [0.25, 0.3) is 0 Å². The molecule has 6 nitrogen and oxygen atoms in total. The lowest BCUT2D eigenvalue weighted by molar-refractivity contribution is -0.130. The first-order valence-electron chi connectivity index (χ1n) is 9.41. The van der Waals surface area contributed by atoms with Crippen molar-refractivity contribution in [3.05, 3.63) is 76.0 Å². The monoisotopic (exact) mass is 415 g/mol. The van der Waals surface area contributed by atoms with Crippen LogP contribution in [0.5, 0.6) is 0 Å². The van der Waals surface area contributed by atoms with Gasteiger partial charge in [-0.25, -0.2) is 4.99 Å². The molecule has 2 aromatic carbocycles. The van der Waals surface area contributed by atoms with E-state index in [0.717, 1.165) is 21.6 Å². The molecule has 0 radical (unpaired) electrons. The topological polar surface area (TPSA) is 108 Å². The van der Waals surface area contributed by atoms with Crippen LogP contribution >= 0.6 is 11.3 Å². The summed E-state index contributed by atoms with van der Waals surface area (Å²) < 4.78 is 0. The lowest BCUT2D eigenvalue weighted by Gasteiger charge is -2.40. The van der Waals surface area contributed by atoms with Crippen LogP contribution in [0.15, 0.2) is 65.0 Å². The smallest absolute Gasteiger partial charge is 0.239 e. The normalized spacial score (nSPS) is 21.2. The number of hydrogen-bond donors (Lipinski definition) is 2. The molecule has 0 aliphatic carbocycles. The van der Waals surface area contributed by atoms with Gasteiger partial charge in [0.15, 0.2) is 5.96 Å². The largest absolute Gasteiger partial charge is 0.399 e. The quantitative estimate of drug-likeness (QED) is 0.636. The number of rotatable bonds is 3. The number of hydrogen-bond acceptors (Lipinski definition) is 6. The van der Waals surface area contributed by atoms with Crippen LogP contribution < -0.4 is 11.5 Å². The molecule has 1 aromatic heterocycles. The number of thiophene rings is 1. The number of likely N-dealkylation sites (N-methyl/N-ethyl adjacent to an activating group) is 1. The molecule has 4 rings (SSSR count). The van der Waals surface area contributed by atoms with Gasteiger partial charge in [0.05, 0.1) is 17.6 Å². The number of nitriles is 1. The van der Waals surface area contributed by atoms with E-state index in [2.05, 4.69) is 6.07 Å². The molecule has 2 heterocycles. The Kier molecular flexibility index (Phi) is 4.80. The fourth-order valence-corrected chi connectivity index (χ4v) is 4.90. The standard InChI is InChI=1S/C23H21N5OS/c1-23(19-11-17(13-30-19)15-6-3-5-14(9-15)12-24)20(16-7-4-8-18(25)10-16)21(29)28(2)22(26)27-23/h3-11,13,20H,25H2,1-2H3,(H2,26,27)/t20-,23+/m0/s1. The molecule has 0 saturated carbocycles. The molecule has 0 bridgehead atoms. The van der Waals surface area contributed by atoms with Gasteiger partial charge in [-0.05, 0) is 59.3 Å². The van der Waals surface area contributed by atoms with Crippen LogP contribution in [0.4, 0.5) is 5.69 Å². The predicted molar refractivity (Wildman–Crippen MR) is 120 cm³/mol. The number of aliphatic imine (C=N–C) groups is 1. The van der Waals surface area contributed by atoms with Gasteiger partial charge in [-0.3, -0.25) is 9.69 Å². The van der Waals surface area contributed by atoms with E-state index in [9.17, 15) is 10.1 Å². The third kappa shape index (κ3) is 3.21. The zero-order valence-electron chi connectivity index (χ0n) is 16.7. The highest BCUT2D eigenvalue weighted by molar-refractivity contribution is 7.10. The number of benzene rings is 2. The highest BCUT2D eigenvalue weighted by atomic mass is 32.1. The highest BCUT2D eigenvalue weighted by Gasteiger charge is 2.48. The average Bonchev–Trinajstić information content (AvgIpc) is 3.23. The maximum Gasteiger partial charge on any atom is 0.239 e. The Morgan fingerprint density at radius 1 is 1.13 bits per heavy atom. The molecule has 0 saturated heterocycles. The van der Waals surface area contributed by atoms with Gasteiger partial charge >= 0.3 is 0 Å². The summed E-state index contributed by atoms with van der Waals surface area (Å²) in [6, 6.07) is 19.0. The minimum atomic E-state index is -0.878. The average molecular weight is 416 g/mol. The first-order chi connectivity index (χ1) is 14.3. The molecular formula is C23H21N5OS. The van der Waals surface area contributed by atoms with Gasteiger partial charge in [-0.15, -0.1) is 11.3 Å². The van der Waals surface area contributed by atoms with Crippen molar-refractivity contribution in [3.8, 4) is 17.2 Å². The van der Waals surface area contributed by atoms with Crippen molar-refractivity contribution >= 4 is 28.9 Å². The first-order valence-corrected chi connectivity index (χ1v) is 10.3. The fraction of sp³-hybridized carbons (Fsp3) is 0.174. The Hall–Kier alpha value is -3.63. The molecule has 1 amide bonds. The number of nitrogen functional groups attached to an aromatic ring is 1. The van der Waals surface area contributed by atoms with Crippen molar-refractivity contribution < 1.29 is 4.79 Å². The van der Waals surface area contributed by atoms with Crippen LogP contribution in [0.2, 0.25) is 0 Å². The van der Waals surface area contributed by atoms with Crippen LogP contribution in [0.1, 0.15) is 28.8 Å². The number of nitrogens with two attached hydrogens (primary N) is 2. The minimum Gasteiger partial charge on any atom is -0.399 e. The molecule has 3 aromatic rings. The van der Waals surface area contributed by atoms with Gasteiger partial charge in [0.1, 0.15) is 5.54 Å². The fourth-order valence-electron chi connectivity index (χ4n) is 3.85. The summed E-state index contributed by atoms with van der Waals surface area (Å²) >= 11 is 1.52. The molecule has 2 atom stereocenters. The molecule has 150 valence electrons. The highest BCUT2D eigenvalue weighted by Crippen LogP contribution is 2.47. The molecular weight excluding hydrogens is 394 g/mol. The number of guanidine groups is 1. The summed E-state index contributed by atoms with van der Waals surface area (Å²) in [6.07, 6.45) is 0. The molecule has 7 heteroatoms. The van der Waals surface area contributed by atoms with Crippen LogP contribution in [-0.4, -0.2) is 23.8 Å². The van der Waals surface area contributed by atoms with Crippen molar-refractivity contribution in [3.63, 3.8) is 0 Å². The maximum atomic E-state index is 13.3. The Balaban J connectivity index is 1.85. The van der Waals surface area contributed by atoms with E-state index in [-0.39, 0.29) is 11.9 Å². The lowest BCUT2D eigenvalue weighted by Crippen LogP contribution is -2.52. The summed E-state index contributed by atoms with van der Waals surface area (Å²) in [6.45, 7) is 1.93. The Morgan fingerprint density at radius 2 is 1.90 bits per heavy atom. The molecule has 4 N–H and O–H groups in total. The van der Waals surface area contributed by atoms with Crippen molar-refractivity contribution in [2.45, 2.75) is 18.4 Å². The second-order valence-corrected chi connectivity index (χ2v) is 8.42. The van der Waals surface area contributed by atoms with Gasteiger partial charge in [-0.1, -0.05) is 24.3 Å². The van der Waals surface area contributed by atoms with Gasteiger partial charge in [0.2, 0.25) is 5.91 Å². The van der Waals surface area contributed by atoms with Crippen molar-refractivity contribution in [2.75, 3.05) is 12.8 Å². The molecule has 30 heavy (non-hydrogen) atoms. The second kappa shape index (κ2) is 7.32. The summed E-state index contributed by atoms with van der Waals surface area (Å²) in [4.78, 5) is 20.4. The predicted octanol–water partition coefficient (Wildman–Crippen LogP) is 3.65.